The second-order valence-corrected chi connectivity index (χ2v) is 8.74. The van der Waals surface area contributed by atoms with E-state index in [1.165, 1.54) is 11.3 Å². The summed E-state index contributed by atoms with van der Waals surface area (Å²) in [7, 11) is 1.60. The van der Waals surface area contributed by atoms with Gasteiger partial charge in [0.05, 0.1) is 29.1 Å². The van der Waals surface area contributed by atoms with Gasteiger partial charge in [-0.3, -0.25) is 14.7 Å². The molecule has 2 aromatic heterocycles. The van der Waals surface area contributed by atoms with Gasteiger partial charge in [0, 0.05) is 11.2 Å². The first-order chi connectivity index (χ1) is 15.5. The third-order valence-corrected chi connectivity index (χ3v) is 6.48. The molecule has 0 aliphatic rings. The van der Waals surface area contributed by atoms with Crippen LogP contribution in [0.4, 0.5) is 5.13 Å². The van der Waals surface area contributed by atoms with Gasteiger partial charge in [-0.2, -0.15) is 0 Å². The quantitative estimate of drug-likeness (QED) is 0.323. The SMILES string of the molecule is COc1ccc(C)c2sc(N(Cc3ccccn3)C(=O)COc3ccc(Cl)cc3Cl)nc12. The number of hydrogen-bond acceptors (Lipinski definition) is 6. The van der Waals surface area contributed by atoms with E-state index in [1.54, 1.807) is 36.4 Å². The number of aryl methyl sites for hydroxylation is 1. The molecule has 0 saturated heterocycles. The average molecular weight is 488 g/mol. The van der Waals surface area contributed by atoms with Gasteiger partial charge in [-0.25, -0.2) is 4.98 Å². The number of aromatic nitrogens is 2. The first-order valence-corrected chi connectivity index (χ1v) is 11.3. The topological polar surface area (TPSA) is 64.5 Å². The minimum Gasteiger partial charge on any atom is -0.494 e. The Balaban J connectivity index is 1.66. The van der Waals surface area contributed by atoms with Crippen molar-refractivity contribution in [2.45, 2.75) is 13.5 Å². The van der Waals surface area contributed by atoms with E-state index in [-0.39, 0.29) is 19.1 Å². The number of rotatable bonds is 7. The highest BCUT2D eigenvalue weighted by Gasteiger charge is 2.23. The number of methoxy groups -OCH3 is 1. The Labute approximate surface area is 199 Å². The smallest absolute Gasteiger partial charge is 0.267 e. The highest BCUT2D eigenvalue weighted by molar-refractivity contribution is 7.22. The van der Waals surface area contributed by atoms with Crippen molar-refractivity contribution < 1.29 is 14.3 Å². The van der Waals surface area contributed by atoms with Crippen LogP contribution in [0.5, 0.6) is 11.5 Å². The summed E-state index contributed by atoms with van der Waals surface area (Å²) in [6, 6.07) is 14.3. The summed E-state index contributed by atoms with van der Waals surface area (Å²) in [4.78, 5) is 23.9. The van der Waals surface area contributed by atoms with Crippen LogP contribution in [0.25, 0.3) is 10.2 Å². The first kappa shape index (κ1) is 22.3. The Morgan fingerprint density at radius 3 is 2.66 bits per heavy atom. The van der Waals surface area contributed by atoms with Crippen molar-refractivity contribution in [1.29, 1.82) is 0 Å². The lowest BCUT2D eigenvalue weighted by atomic mass is 10.2. The maximum Gasteiger partial charge on any atom is 0.267 e. The monoisotopic (exact) mass is 487 g/mol. The Kier molecular flexibility index (Phi) is 6.79. The molecule has 0 saturated carbocycles. The molecule has 4 aromatic rings. The van der Waals surface area contributed by atoms with E-state index in [2.05, 4.69) is 4.98 Å². The van der Waals surface area contributed by atoms with Gasteiger partial charge in [-0.05, 0) is 48.9 Å². The Morgan fingerprint density at radius 1 is 1.12 bits per heavy atom. The molecule has 0 fully saturated rings. The molecule has 0 aliphatic heterocycles. The molecule has 6 nitrogen and oxygen atoms in total. The average Bonchev–Trinajstić information content (AvgIpc) is 3.24. The van der Waals surface area contributed by atoms with E-state index in [1.807, 2.05) is 37.3 Å². The van der Waals surface area contributed by atoms with Crippen molar-refractivity contribution in [3.05, 3.63) is 76.0 Å². The van der Waals surface area contributed by atoms with Crippen LogP contribution in [0.2, 0.25) is 10.0 Å². The number of halogens is 2. The van der Waals surface area contributed by atoms with Crippen LogP contribution in [0.15, 0.2) is 54.7 Å². The number of nitrogens with zero attached hydrogens (tertiary/aromatic N) is 3. The summed E-state index contributed by atoms with van der Waals surface area (Å²) in [6.45, 7) is 2.03. The van der Waals surface area contributed by atoms with Crippen LogP contribution >= 0.6 is 34.5 Å². The maximum absolute atomic E-state index is 13.3. The molecular weight excluding hydrogens is 469 g/mol. The number of pyridine rings is 1. The predicted molar refractivity (Wildman–Crippen MR) is 128 cm³/mol. The van der Waals surface area contributed by atoms with E-state index in [9.17, 15) is 4.79 Å². The fourth-order valence-corrected chi connectivity index (χ4v) is 4.64. The van der Waals surface area contributed by atoms with Crippen molar-refractivity contribution in [3.63, 3.8) is 0 Å². The fraction of sp³-hybridized carbons (Fsp3) is 0.174. The molecule has 32 heavy (non-hydrogen) atoms. The van der Waals surface area contributed by atoms with E-state index >= 15 is 0 Å². The van der Waals surface area contributed by atoms with Gasteiger partial charge in [0.1, 0.15) is 17.0 Å². The van der Waals surface area contributed by atoms with Crippen molar-refractivity contribution in [2.24, 2.45) is 0 Å². The minimum atomic E-state index is -0.280. The molecule has 2 aromatic carbocycles. The van der Waals surface area contributed by atoms with Crippen molar-refractivity contribution >= 4 is 55.8 Å². The molecule has 164 valence electrons. The Bertz CT molecular complexity index is 1260. The zero-order valence-corrected chi connectivity index (χ0v) is 19.7. The van der Waals surface area contributed by atoms with E-state index in [4.69, 9.17) is 37.7 Å². The zero-order valence-electron chi connectivity index (χ0n) is 17.3. The number of carbonyl (C=O) groups is 1. The highest BCUT2D eigenvalue weighted by Crippen LogP contribution is 2.37. The second-order valence-electron chi connectivity index (χ2n) is 6.92. The van der Waals surface area contributed by atoms with Crippen LogP contribution in [0, 0.1) is 6.92 Å². The highest BCUT2D eigenvalue weighted by atomic mass is 35.5. The van der Waals surface area contributed by atoms with Crippen molar-refractivity contribution in [1.82, 2.24) is 9.97 Å². The number of hydrogen-bond donors (Lipinski definition) is 0. The van der Waals surface area contributed by atoms with Gasteiger partial charge in [0.15, 0.2) is 11.7 Å². The second kappa shape index (κ2) is 9.73. The van der Waals surface area contributed by atoms with Gasteiger partial charge in [0.2, 0.25) is 0 Å². The standard InChI is InChI=1S/C23H19Cl2N3O3S/c1-14-6-8-19(30-2)21-22(14)32-23(27-21)28(12-16-5-3-4-10-26-16)20(29)13-31-18-9-7-15(24)11-17(18)25/h3-11H,12-13H2,1-2H3. The summed E-state index contributed by atoms with van der Waals surface area (Å²) < 4.78 is 12.1. The van der Waals surface area contributed by atoms with Gasteiger partial charge < -0.3 is 9.47 Å². The van der Waals surface area contributed by atoms with Crippen LogP contribution < -0.4 is 14.4 Å². The van der Waals surface area contributed by atoms with Crippen LogP contribution in [0.1, 0.15) is 11.3 Å². The van der Waals surface area contributed by atoms with Crippen molar-refractivity contribution in [2.75, 3.05) is 18.6 Å². The lowest BCUT2D eigenvalue weighted by Gasteiger charge is -2.20. The molecule has 0 radical (unpaired) electrons. The normalized spacial score (nSPS) is 10.9. The van der Waals surface area contributed by atoms with E-state index in [0.29, 0.717) is 32.2 Å². The first-order valence-electron chi connectivity index (χ1n) is 9.68. The molecule has 0 spiro atoms. The lowest BCUT2D eigenvalue weighted by Crippen LogP contribution is -2.34. The maximum atomic E-state index is 13.3. The van der Waals surface area contributed by atoms with Crippen LogP contribution in [0.3, 0.4) is 0 Å². The van der Waals surface area contributed by atoms with E-state index < -0.39 is 0 Å². The van der Waals surface area contributed by atoms with Crippen LogP contribution in [-0.2, 0) is 11.3 Å². The largest absolute Gasteiger partial charge is 0.494 e. The van der Waals surface area contributed by atoms with Gasteiger partial charge in [-0.15, -0.1) is 0 Å². The fourth-order valence-electron chi connectivity index (χ4n) is 3.10. The number of thiazole rings is 1. The summed E-state index contributed by atoms with van der Waals surface area (Å²) in [5.41, 5.74) is 2.50. The molecule has 0 atom stereocenters. The number of anilines is 1. The zero-order chi connectivity index (χ0) is 22.7. The molecule has 0 aliphatic carbocycles. The van der Waals surface area contributed by atoms with Crippen LogP contribution in [-0.4, -0.2) is 29.6 Å². The molecule has 4 rings (SSSR count). The number of ether oxygens (including phenoxy) is 2. The molecule has 9 heteroatoms. The molecule has 1 amide bonds. The number of amides is 1. The van der Waals surface area contributed by atoms with E-state index in [0.717, 1.165) is 16.0 Å². The number of benzene rings is 2. The van der Waals surface area contributed by atoms with Gasteiger partial charge in [-0.1, -0.05) is 46.7 Å². The molecule has 2 heterocycles. The Hall–Kier alpha value is -2.87. The van der Waals surface area contributed by atoms with Gasteiger partial charge in [0.25, 0.3) is 5.91 Å². The number of carbonyl (C=O) groups excluding carboxylic acids is 1. The molecule has 0 bridgehead atoms. The third-order valence-electron chi connectivity index (χ3n) is 4.74. The van der Waals surface area contributed by atoms with Gasteiger partial charge >= 0.3 is 0 Å². The third kappa shape index (κ3) is 4.80. The number of fused-ring (bicyclic) bond motifs is 1. The molecule has 0 unspecified atom stereocenters. The summed E-state index contributed by atoms with van der Waals surface area (Å²) in [5, 5.41) is 1.36. The Morgan fingerprint density at radius 2 is 1.94 bits per heavy atom. The van der Waals surface area contributed by atoms with Crippen molar-refractivity contribution in [3.8, 4) is 11.5 Å². The lowest BCUT2D eigenvalue weighted by molar-refractivity contribution is -0.120. The summed E-state index contributed by atoms with van der Waals surface area (Å²) in [5.74, 6) is 0.754. The summed E-state index contributed by atoms with van der Waals surface area (Å²) >= 11 is 13.5. The predicted octanol–water partition coefficient (Wildman–Crippen LogP) is 5.93. The molecular formula is C23H19Cl2N3O3S. The minimum absolute atomic E-state index is 0.222. The molecule has 0 N–H and O–H groups in total. The summed E-state index contributed by atoms with van der Waals surface area (Å²) in [6.07, 6.45) is 1.69.